The highest BCUT2D eigenvalue weighted by Gasteiger charge is 2.25. The summed E-state index contributed by atoms with van der Waals surface area (Å²) in [6.45, 7) is 5.31. The van der Waals surface area contributed by atoms with Gasteiger partial charge in [-0.15, -0.1) is 11.3 Å². The third-order valence-corrected chi connectivity index (χ3v) is 4.01. The van der Waals surface area contributed by atoms with E-state index >= 15 is 0 Å². The Labute approximate surface area is 111 Å². The molecule has 0 saturated carbocycles. The van der Waals surface area contributed by atoms with E-state index in [1.54, 1.807) is 11.3 Å². The number of thiophene rings is 1. The van der Waals surface area contributed by atoms with E-state index < -0.39 is 0 Å². The predicted octanol–water partition coefficient (Wildman–Crippen LogP) is 0.783. The van der Waals surface area contributed by atoms with Crippen LogP contribution in [-0.4, -0.2) is 43.2 Å². The van der Waals surface area contributed by atoms with Crippen molar-refractivity contribution < 1.29 is 4.74 Å². The van der Waals surface area contributed by atoms with Crippen molar-refractivity contribution >= 4 is 17.3 Å². The highest BCUT2D eigenvalue weighted by molar-refractivity contribution is 7.10. The van der Waals surface area contributed by atoms with E-state index in [0.29, 0.717) is 6.54 Å². The van der Waals surface area contributed by atoms with Crippen molar-refractivity contribution in [1.29, 1.82) is 0 Å². The van der Waals surface area contributed by atoms with Crippen molar-refractivity contribution in [3.63, 3.8) is 0 Å². The van der Waals surface area contributed by atoms with Crippen LogP contribution in [0.2, 0.25) is 0 Å². The minimum absolute atomic E-state index is 0.151. The lowest BCUT2D eigenvalue weighted by molar-refractivity contribution is -0.0327. The number of ether oxygens (including phenoxy) is 1. The Kier molecular flexibility index (Phi) is 4.57. The van der Waals surface area contributed by atoms with Crippen LogP contribution in [0.25, 0.3) is 0 Å². The van der Waals surface area contributed by atoms with Gasteiger partial charge in [-0.1, -0.05) is 6.07 Å². The number of guanidine groups is 1. The van der Waals surface area contributed by atoms with E-state index in [2.05, 4.69) is 34.3 Å². The quantitative estimate of drug-likeness (QED) is 0.625. The molecule has 1 fully saturated rings. The highest BCUT2D eigenvalue weighted by atomic mass is 32.1. The van der Waals surface area contributed by atoms with Gasteiger partial charge in [-0.3, -0.25) is 9.89 Å². The maximum atomic E-state index is 5.58. The lowest BCUT2D eigenvalue weighted by Crippen LogP contribution is -2.44. The molecule has 0 aromatic carbocycles. The molecule has 2 atom stereocenters. The molecule has 2 unspecified atom stereocenters. The van der Waals surface area contributed by atoms with Crippen LogP contribution in [0.1, 0.15) is 17.8 Å². The largest absolute Gasteiger partial charge is 0.376 e. The Morgan fingerprint density at radius 1 is 1.67 bits per heavy atom. The van der Waals surface area contributed by atoms with Gasteiger partial charge in [0.25, 0.3) is 0 Å². The van der Waals surface area contributed by atoms with Gasteiger partial charge in [0, 0.05) is 18.0 Å². The summed E-state index contributed by atoms with van der Waals surface area (Å²) >= 11 is 1.74. The maximum absolute atomic E-state index is 5.58. The molecule has 2 rings (SSSR count). The van der Waals surface area contributed by atoms with E-state index in [1.807, 2.05) is 0 Å². The molecule has 4 N–H and O–H groups in total. The van der Waals surface area contributed by atoms with Crippen molar-refractivity contribution in [2.24, 2.45) is 16.5 Å². The predicted molar refractivity (Wildman–Crippen MR) is 74.7 cm³/mol. The van der Waals surface area contributed by atoms with E-state index in [-0.39, 0.29) is 18.1 Å². The van der Waals surface area contributed by atoms with Gasteiger partial charge in [-0.2, -0.15) is 0 Å². The zero-order chi connectivity index (χ0) is 13.0. The summed E-state index contributed by atoms with van der Waals surface area (Å²) in [5.41, 5.74) is 10.9. The molecule has 6 heteroatoms. The van der Waals surface area contributed by atoms with Gasteiger partial charge >= 0.3 is 0 Å². The fraction of sp³-hybridized carbons (Fsp3) is 0.583. The Balaban J connectivity index is 2.11. The molecule has 1 aliphatic heterocycles. The summed E-state index contributed by atoms with van der Waals surface area (Å²) in [5, 5.41) is 2.09. The van der Waals surface area contributed by atoms with E-state index in [0.717, 1.165) is 19.7 Å². The van der Waals surface area contributed by atoms with Crippen LogP contribution < -0.4 is 11.5 Å². The molecule has 0 spiro atoms. The first-order valence-corrected chi connectivity index (χ1v) is 6.99. The maximum Gasteiger partial charge on any atom is 0.185 e. The molecule has 1 aromatic rings. The standard InChI is InChI=1S/C12H20N4OS/c1-9-8-16(4-5-17-9)10(7-15-12(13)14)11-3-2-6-18-11/h2-3,6,9-10H,4-5,7-8H2,1H3,(H4,13,14,15). The topological polar surface area (TPSA) is 76.9 Å². The molecule has 0 bridgehead atoms. The highest BCUT2D eigenvalue weighted by Crippen LogP contribution is 2.27. The number of nitrogens with zero attached hydrogens (tertiary/aromatic N) is 2. The minimum Gasteiger partial charge on any atom is -0.376 e. The lowest BCUT2D eigenvalue weighted by Gasteiger charge is -2.36. The fourth-order valence-electron chi connectivity index (χ4n) is 2.19. The molecule has 0 aliphatic carbocycles. The van der Waals surface area contributed by atoms with Gasteiger partial charge < -0.3 is 16.2 Å². The van der Waals surface area contributed by atoms with E-state index in [9.17, 15) is 0 Å². The van der Waals surface area contributed by atoms with Crippen molar-refractivity contribution in [2.45, 2.75) is 19.1 Å². The Bertz CT molecular complexity index is 389. The zero-order valence-corrected chi connectivity index (χ0v) is 11.4. The first kappa shape index (κ1) is 13.3. The molecule has 0 radical (unpaired) electrons. The van der Waals surface area contributed by atoms with Crippen LogP contribution in [-0.2, 0) is 4.74 Å². The summed E-state index contributed by atoms with van der Waals surface area (Å²) in [6.07, 6.45) is 0.264. The summed E-state index contributed by atoms with van der Waals surface area (Å²) in [6, 6.07) is 4.45. The van der Waals surface area contributed by atoms with Crippen molar-refractivity contribution in [3.05, 3.63) is 22.4 Å². The summed E-state index contributed by atoms with van der Waals surface area (Å²) in [4.78, 5) is 7.87. The fourth-order valence-corrected chi connectivity index (χ4v) is 3.04. The number of hydrogen-bond donors (Lipinski definition) is 2. The van der Waals surface area contributed by atoms with Crippen molar-refractivity contribution in [2.75, 3.05) is 26.2 Å². The summed E-state index contributed by atoms with van der Waals surface area (Å²) in [7, 11) is 0. The number of aliphatic imine (C=N–C) groups is 1. The molecule has 2 heterocycles. The Hall–Kier alpha value is -1.11. The average Bonchev–Trinajstić information content (AvgIpc) is 2.83. The average molecular weight is 268 g/mol. The first-order chi connectivity index (χ1) is 8.66. The first-order valence-electron chi connectivity index (χ1n) is 6.11. The normalized spacial score (nSPS) is 22.6. The molecule has 100 valence electrons. The van der Waals surface area contributed by atoms with Crippen molar-refractivity contribution in [1.82, 2.24) is 4.90 Å². The van der Waals surface area contributed by atoms with E-state index in [4.69, 9.17) is 16.2 Å². The molecule has 5 nitrogen and oxygen atoms in total. The second kappa shape index (κ2) is 6.17. The van der Waals surface area contributed by atoms with Gasteiger partial charge in [0.15, 0.2) is 5.96 Å². The SMILES string of the molecule is CC1CN(C(CN=C(N)N)c2cccs2)CCO1. The van der Waals surface area contributed by atoms with Crippen LogP contribution in [0.15, 0.2) is 22.5 Å². The molecule has 18 heavy (non-hydrogen) atoms. The van der Waals surface area contributed by atoms with Crippen LogP contribution in [0.5, 0.6) is 0 Å². The van der Waals surface area contributed by atoms with Crippen LogP contribution >= 0.6 is 11.3 Å². The second-order valence-corrected chi connectivity index (χ2v) is 5.45. The minimum atomic E-state index is 0.151. The third-order valence-electron chi connectivity index (χ3n) is 3.03. The smallest absolute Gasteiger partial charge is 0.185 e. The summed E-state index contributed by atoms with van der Waals surface area (Å²) < 4.78 is 5.58. The molecule has 1 aliphatic rings. The van der Waals surface area contributed by atoms with Crippen LogP contribution in [0.4, 0.5) is 0 Å². The molecular formula is C12H20N4OS. The molecule has 0 amide bonds. The number of rotatable bonds is 4. The second-order valence-electron chi connectivity index (χ2n) is 4.47. The molecule has 1 aromatic heterocycles. The summed E-state index contributed by atoms with van der Waals surface area (Å²) in [5.74, 6) is 0.151. The number of nitrogens with two attached hydrogens (primary N) is 2. The van der Waals surface area contributed by atoms with Gasteiger partial charge in [-0.05, 0) is 18.4 Å². The third kappa shape index (κ3) is 3.44. The molecular weight excluding hydrogens is 248 g/mol. The van der Waals surface area contributed by atoms with Gasteiger partial charge in [-0.25, -0.2) is 0 Å². The van der Waals surface area contributed by atoms with Crippen LogP contribution in [0, 0.1) is 0 Å². The number of hydrogen-bond acceptors (Lipinski definition) is 4. The van der Waals surface area contributed by atoms with Gasteiger partial charge in [0.2, 0.25) is 0 Å². The number of morpholine rings is 1. The van der Waals surface area contributed by atoms with Crippen molar-refractivity contribution in [3.8, 4) is 0 Å². The van der Waals surface area contributed by atoms with Gasteiger partial charge in [0.05, 0.1) is 25.3 Å². The monoisotopic (exact) mass is 268 g/mol. The van der Waals surface area contributed by atoms with E-state index in [1.165, 1.54) is 4.88 Å². The van der Waals surface area contributed by atoms with Crippen LogP contribution in [0.3, 0.4) is 0 Å². The lowest BCUT2D eigenvalue weighted by atomic mass is 10.1. The Morgan fingerprint density at radius 2 is 2.50 bits per heavy atom. The van der Waals surface area contributed by atoms with Gasteiger partial charge in [0.1, 0.15) is 0 Å². The zero-order valence-electron chi connectivity index (χ0n) is 10.6. The molecule has 1 saturated heterocycles. The Morgan fingerprint density at radius 3 is 3.11 bits per heavy atom.